The average Bonchev–Trinajstić information content (AvgIpc) is 2.39. The van der Waals surface area contributed by atoms with E-state index in [0.29, 0.717) is 11.4 Å². The molecular weight excluding hydrogens is 280 g/mol. The van der Waals surface area contributed by atoms with Crippen LogP contribution < -0.4 is 15.2 Å². The van der Waals surface area contributed by atoms with Gasteiger partial charge >= 0.3 is 0 Å². The highest BCUT2D eigenvalue weighted by molar-refractivity contribution is 7.89. The van der Waals surface area contributed by atoms with Crippen LogP contribution in [0.25, 0.3) is 0 Å². The molecule has 3 N–H and O–H groups in total. The summed E-state index contributed by atoms with van der Waals surface area (Å²) in [6, 6.07) is 6.96. The van der Waals surface area contributed by atoms with E-state index in [9.17, 15) is 8.42 Å². The van der Waals surface area contributed by atoms with E-state index in [1.54, 1.807) is 38.1 Å². The van der Waals surface area contributed by atoms with Crippen molar-refractivity contribution in [3.63, 3.8) is 0 Å². The summed E-state index contributed by atoms with van der Waals surface area (Å²) in [5.74, 6) is 0.348. The molecule has 0 spiro atoms. The van der Waals surface area contributed by atoms with Crippen molar-refractivity contribution in [2.24, 2.45) is 0 Å². The Balaban J connectivity index is 2.43. The third-order valence-corrected chi connectivity index (χ3v) is 4.09. The molecule has 7 heteroatoms. The molecule has 6 nitrogen and oxygen atoms in total. The standard InChI is InChI=1S/C13H22N2O4S/c1-13(2,18-3)10-15-20(16,17)9-8-19-12-7-5-4-6-11(12)14/h4-7,15H,8-10,14H2,1-3H3. The summed E-state index contributed by atoms with van der Waals surface area (Å²) in [5.41, 5.74) is 5.64. The minimum absolute atomic E-state index is 0.0386. The van der Waals surface area contributed by atoms with Gasteiger partial charge in [0.25, 0.3) is 0 Å². The van der Waals surface area contributed by atoms with Gasteiger partial charge < -0.3 is 15.2 Å². The predicted octanol–water partition coefficient (Wildman–Crippen LogP) is 0.992. The molecule has 0 saturated carbocycles. The van der Waals surface area contributed by atoms with Gasteiger partial charge in [-0.15, -0.1) is 0 Å². The molecule has 0 aliphatic rings. The van der Waals surface area contributed by atoms with E-state index >= 15 is 0 Å². The summed E-state index contributed by atoms with van der Waals surface area (Å²) >= 11 is 0. The molecule has 0 amide bonds. The molecule has 0 saturated heterocycles. The highest BCUT2D eigenvalue weighted by Crippen LogP contribution is 2.19. The number of nitrogens with one attached hydrogen (secondary N) is 1. The molecular formula is C13H22N2O4S. The van der Waals surface area contributed by atoms with E-state index in [2.05, 4.69) is 4.72 Å². The Hall–Kier alpha value is -1.31. The van der Waals surface area contributed by atoms with E-state index in [1.807, 2.05) is 0 Å². The summed E-state index contributed by atoms with van der Waals surface area (Å²) in [6.45, 7) is 3.85. The van der Waals surface area contributed by atoms with Crippen molar-refractivity contribution in [1.82, 2.24) is 4.72 Å². The third kappa shape index (κ3) is 5.77. The van der Waals surface area contributed by atoms with Crippen LogP contribution in [-0.4, -0.2) is 40.0 Å². The molecule has 1 rings (SSSR count). The molecule has 0 atom stereocenters. The van der Waals surface area contributed by atoms with Gasteiger partial charge in [0.05, 0.1) is 17.0 Å². The van der Waals surface area contributed by atoms with Gasteiger partial charge in [-0.25, -0.2) is 13.1 Å². The van der Waals surface area contributed by atoms with Crippen molar-refractivity contribution in [1.29, 1.82) is 0 Å². The molecule has 1 aromatic rings. The molecule has 0 aliphatic heterocycles. The zero-order valence-corrected chi connectivity index (χ0v) is 12.9. The van der Waals surface area contributed by atoms with Crippen molar-refractivity contribution >= 4 is 15.7 Å². The number of anilines is 1. The number of nitrogens with two attached hydrogens (primary N) is 1. The Bertz CT molecular complexity index is 529. The van der Waals surface area contributed by atoms with Gasteiger partial charge in [0.2, 0.25) is 10.0 Å². The monoisotopic (exact) mass is 302 g/mol. The van der Waals surface area contributed by atoms with Crippen LogP contribution in [0.2, 0.25) is 0 Å². The van der Waals surface area contributed by atoms with Crippen molar-refractivity contribution in [3.05, 3.63) is 24.3 Å². The first-order valence-electron chi connectivity index (χ1n) is 6.25. The van der Waals surface area contributed by atoms with Crippen molar-refractivity contribution in [2.45, 2.75) is 19.4 Å². The van der Waals surface area contributed by atoms with Crippen LogP contribution in [0.1, 0.15) is 13.8 Å². The first kappa shape index (κ1) is 16.7. The van der Waals surface area contributed by atoms with Crippen molar-refractivity contribution in [2.75, 3.05) is 31.7 Å². The molecule has 0 aromatic heterocycles. The summed E-state index contributed by atoms with van der Waals surface area (Å²) in [4.78, 5) is 0. The SMILES string of the molecule is COC(C)(C)CNS(=O)(=O)CCOc1ccccc1N. The highest BCUT2D eigenvalue weighted by Gasteiger charge is 2.20. The molecule has 1 aromatic carbocycles. The molecule has 0 unspecified atom stereocenters. The van der Waals surface area contributed by atoms with Crippen LogP contribution in [0.4, 0.5) is 5.69 Å². The molecule has 114 valence electrons. The Morgan fingerprint density at radius 3 is 2.55 bits per heavy atom. The fraction of sp³-hybridized carbons (Fsp3) is 0.538. The Morgan fingerprint density at radius 2 is 1.95 bits per heavy atom. The maximum atomic E-state index is 11.8. The van der Waals surface area contributed by atoms with E-state index in [1.165, 1.54) is 7.11 Å². The van der Waals surface area contributed by atoms with E-state index in [4.69, 9.17) is 15.2 Å². The highest BCUT2D eigenvalue weighted by atomic mass is 32.2. The lowest BCUT2D eigenvalue weighted by Crippen LogP contribution is -2.41. The van der Waals surface area contributed by atoms with Crippen LogP contribution in [0, 0.1) is 0 Å². The number of para-hydroxylation sites is 2. The maximum Gasteiger partial charge on any atom is 0.215 e. The number of sulfonamides is 1. The van der Waals surface area contributed by atoms with Crippen molar-refractivity contribution in [3.8, 4) is 5.75 Å². The maximum absolute atomic E-state index is 11.8. The zero-order valence-electron chi connectivity index (χ0n) is 12.0. The smallest absolute Gasteiger partial charge is 0.215 e. The number of methoxy groups -OCH3 is 1. The number of rotatable bonds is 8. The Kier molecular flexibility index (Phi) is 5.79. The zero-order chi connectivity index (χ0) is 15.2. The number of hydrogen-bond donors (Lipinski definition) is 2. The van der Waals surface area contributed by atoms with Crippen LogP contribution in [0.15, 0.2) is 24.3 Å². The second kappa shape index (κ2) is 6.92. The van der Waals surface area contributed by atoms with Crippen LogP contribution in [0.3, 0.4) is 0 Å². The minimum Gasteiger partial charge on any atom is -0.490 e. The average molecular weight is 302 g/mol. The van der Waals surface area contributed by atoms with Gasteiger partial charge in [0, 0.05) is 13.7 Å². The summed E-state index contributed by atoms with van der Waals surface area (Å²) in [6.07, 6.45) is 0. The van der Waals surface area contributed by atoms with Crippen molar-refractivity contribution < 1.29 is 17.9 Å². The van der Waals surface area contributed by atoms with Crippen LogP contribution in [-0.2, 0) is 14.8 Å². The summed E-state index contributed by atoms with van der Waals surface area (Å²) in [5, 5.41) is 0. The molecule has 0 radical (unpaired) electrons. The minimum atomic E-state index is -3.40. The largest absolute Gasteiger partial charge is 0.490 e. The van der Waals surface area contributed by atoms with Gasteiger partial charge in [0.1, 0.15) is 12.4 Å². The molecule has 0 bridgehead atoms. The lowest BCUT2D eigenvalue weighted by molar-refractivity contribution is 0.0276. The molecule has 0 fully saturated rings. The number of benzene rings is 1. The number of hydrogen-bond acceptors (Lipinski definition) is 5. The third-order valence-electron chi connectivity index (χ3n) is 2.80. The van der Waals surface area contributed by atoms with Gasteiger partial charge in [0.15, 0.2) is 0 Å². The van der Waals surface area contributed by atoms with Crippen LogP contribution in [0.5, 0.6) is 5.75 Å². The molecule has 0 heterocycles. The number of nitrogen functional groups attached to an aromatic ring is 1. The Labute approximate surface area is 120 Å². The lowest BCUT2D eigenvalue weighted by Gasteiger charge is -2.23. The fourth-order valence-electron chi connectivity index (χ4n) is 1.30. The fourth-order valence-corrected chi connectivity index (χ4v) is 2.32. The van der Waals surface area contributed by atoms with Gasteiger partial charge in [-0.2, -0.15) is 0 Å². The van der Waals surface area contributed by atoms with Gasteiger partial charge in [-0.05, 0) is 26.0 Å². The quantitative estimate of drug-likeness (QED) is 0.699. The van der Waals surface area contributed by atoms with E-state index in [0.717, 1.165) is 0 Å². The second-order valence-electron chi connectivity index (χ2n) is 4.99. The van der Waals surface area contributed by atoms with Gasteiger partial charge in [-0.1, -0.05) is 12.1 Å². The summed E-state index contributed by atoms with van der Waals surface area (Å²) in [7, 11) is -1.87. The van der Waals surface area contributed by atoms with Gasteiger partial charge in [-0.3, -0.25) is 0 Å². The molecule has 20 heavy (non-hydrogen) atoms. The lowest BCUT2D eigenvalue weighted by atomic mass is 10.1. The number of ether oxygens (including phenoxy) is 2. The predicted molar refractivity (Wildman–Crippen MR) is 79.2 cm³/mol. The summed E-state index contributed by atoms with van der Waals surface area (Å²) < 4.78 is 36.6. The van der Waals surface area contributed by atoms with E-state index in [-0.39, 0.29) is 18.9 Å². The second-order valence-corrected chi connectivity index (χ2v) is 6.92. The normalized spacial score (nSPS) is 12.3. The Morgan fingerprint density at radius 1 is 1.30 bits per heavy atom. The first-order valence-corrected chi connectivity index (χ1v) is 7.91. The topological polar surface area (TPSA) is 90.6 Å². The van der Waals surface area contributed by atoms with E-state index < -0.39 is 15.6 Å². The first-order chi connectivity index (χ1) is 9.26. The van der Waals surface area contributed by atoms with Crippen LogP contribution >= 0.6 is 0 Å². The molecule has 0 aliphatic carbocycles.